The molecule has 1 aromatic heterocycles. The molecule has 1 heterocycles. The lowest BCUT2D eigenvalue weighted by atomic mass is 10.2. The van der Waals surface area contributed by atoms with E-state index in [-0.39, 0.29) is 0 Å². The summed E-state index contributed by atoms with van der Waals surface area (Å²) in [6.45, 7) is 2.13. The Hall–Kier alpha value is -1.16. The van der Waals surface area contributed by atoms with Gasteiger partial charge >= 0.3 is 0 Å². The van der Waals surface area contributed by atoms with Crippen LogP contribution in [0.1, 0.15) is 19.2 Å². The number of benzene rings is 1. The summed E-state index contributed by atoms with van der Waals surface area (Å²) >= 11 is 3.46. The molecule has 0 saturated heterocycles. The minimum Gasteiger partial charge on any atom is -0.249 e. The molecule has 0 aliphatic carbocycles. The summed E-state index contributed by atoms with van der Waals surface area (Å²) in [5.41, 5.74) is 1.09. The van der Waals surface area contributed by atoms with Crippen LogP contribution in [0.2, 0.25) is 0 Å². The molecule has 0 amide bonds. The summed E-state index contributed by atoms with van der Waals surface area (Å²) in [5.74, 6) is 1.84. The number of rotatable bonds is 3. The lowest BCUT2D eigenvalue weighted by molar-refractivity contribution is 0.737. The summed E-state index contributed by atoms with van der Waals surface area (Å²) in [5, 5.41) is 4.40. The first-order valence-electron chi connectivity index (χ1n) is 5.36. The fourth-order valence-electron chi connectivity index (χ4n) is 1.65. The first-order valence-corrected chi connectivity index (χ1v) is 6.16. The van der Waals surface area contributed by atoms with Crippen molar-refractivity contribution in [3.8, 4) is 11.4 Å². The molecule has 0 fully saturated rings. The molecule has 0 aliphatic heterocycles. The van der Waals surface area contributed by atoms with Gasteiger partial charge in [-0.25, -0.2) is 9.67 Å². The van der Waals surface area contributed by atoms with Crippen molar-refractivity contribution < 1.29 is 0 Å². The van der Waals surface area contributed by atoms with Gasteiger partial charge in [0.2, 0.25) is 0 Å². The SMILES string of the molecule is CCCc1nc(-c2cccc(Br)c2)n(C)n1. The summed E-state index contributed by atoms with van der Waals surface area (Å²) in [4.78, 5) is 4.54. The molecule has 0 atom stereocenters. The van der Waals surface area contributed by atoms with Crippen LogP contribution >= 0.6 is 15.9 Å². The fourth-order valence-corrected chi connectivity index (χ4v) is 2.05. The second-order valence-corrected chi connectivity index (χ2v) is 4.65. The minimum absolute atomic E-state index is 0.917. The summed E-state index contributed by atoms with van der Waals surface area (Å²) < 4.78 is 2.90. The molecule has 4 heteroatoms. The third kappa shape index (κ3) is 2.32. The average Bonchev–Trinajstić information content (AvgIpc) is 2.60. The van der Waals surface area contributed by atoms with E-state index in [1.807, 2.05) is 29.9 Å². The number of aromatic nitrogens is 3. The van der Waals surface area contributed by atoms with Gasteiger partial charge in [0.05, 0.1) is 0 Å². The average molecular weight is 280 g/mol. The molecule has 0 N–H and O–H groups in total. The monoisotopic (exact) mass is 279 g/mol. The molecule has 2 rings (SSSR count). The molecule has 2 aromatic rings. The highest BCUT2D eigenvalue weighted by molar-refractivity contribution is 9.10. The van der Waals surface area contributed by atoms with Gasteiger partial charge < -0.3 is 0 Å². The number of hydrogen-bond donors (Lipinski definition) is 0. The number of hydrogen-bond acceptors (Lipinski definition) is 2. The Bertz CT molecular complexity index is 491. The molecule has 3 nitrogen and oxygen atoms in total. The normalized spacial score (nSPS) is 10.7. The van der Waals surface area contributed by atoms with Gasteiger partial charge in [-0.05, 0) is 18.6 Å². The topological polar surface area (TPSA) is 30.7 Å². The van der Waals surface area contributed by atoms with E-state index in [2.05, 4.69) is 39.0 Å². The zero-order valence-electron chi connectivity index (χ0n) is 9.44. The van der Waals surface area contributed by atoms with Gasteiger partial charge in [0, 0.05) is 23.5 Å². The summed E-state index contributed by atoms with van der Waals surface area (Å²) in [7, 11) is 1.93. The van der Waals surface area contributed by atoms with Crippen LogP contribution in [-0.2, 0) is 13.5 Å². The van der Waals surface area contributed by atoms with Crippen LogP contribution in [0, 0.1) is 0 Å². The van der Waals surface area contributed by atoms with E-state index in [1.165, 1.54) is 0 Å². The Kier molecular flexibility index (Phi) is 3.39. The molecule has 0 bridgehead atoms. The first-order chi connectivity index (χ1) is 7.70. The maximum atomic E-state index is 4.54. The van der Waals surface area contributed by atoms with Gasteiger partial charge in [-0.2, -0.15) is 5.10 Å². The van der Waals surface area contributed by atoms with Crippen molar-refractivity contribution in [2.75, 3.05) is 0 Å². The zero-order valence-corrected chi connectivity index (χ0v) is 11.0. The summed E-state index contributed by atoms with van der Waals surface area (Å²) in [6.07, 6.45) is 2.00. The Morgan fingerprint density at radius 1 is 1.38 bits per heavy atom. The minimum atomic E-state index is 0.917. The largest absolute Gasteiger partial charge is 0.249 e. The van der Waals surface area contributed by atoms with E-state index in [0.717, 1.165) is 34.5 Å². The van der Waals surface area contributed by atoms with Crippen LogP contribution in [0.4, 0.5) is 0 Å². The number of aryl methyl sites for hydroxylation is 2. The molecule has 0 saturated carbocycles. The predicted molar refractivity (Wildman–Crippen MR) is 68.1 cm³/mol. The van der Waals surface area contributed by atoms with Gasteiger partial charge in [0.1, 0.15) is 0 Å². The van der Waals surface area contributed by atoms with E-state index >= 15 is 0 Å². The van der Waals surface area contributed by atoms with Crippen molar-refractivity contribution >= 4 is 15.9 Å². The third-order valence-electron chi connectivity index (χ3n) is 2.36. The van der Waals surface area contributed by atoms with Gasteiger partial charge in [0.15, 0.2) is 11.6 Å². The second-order valence-electron chi connectivity index (χ2n) is 3.74. The number of nitrogens with zero attached hydrogens (tertiary/aromatic N) is 3. The van der Waals surface area contributed by atoms with Crippen LogP contribution in [0.5, 0.6) is 0 Å². The number of halogens is 1. The molecule has 84 valence electrons. The highest BCUT2D eigenvalue weighted by Gasteiger charge is 2.08. The van der Waals surface area contributed by atoms with Crippen molar-refractivity contribution in [3.05, 3.63) is 34.6 Å². The Morgan fingerprint density at radius 3 is 2.88 bits per heavy atom. The Labute approximate surface area is 104 Å². The standard InChI is InChI=1S/C12H14BrN3/c1-3-5-11-14-12(16(2)15-11)9-6-4-7-10(13)8-9/h4,6-8H,3,5H2,1-2H3. The molecular formula is C12H14BrN3. The van der Waals surface area contributed by atoms with Crippen LogP contribution in [0.25, 0.3) is 11.4 Å². The van der Waals surface area contributed by atoms with Crippen LogP contribution in [0.3, 0.4) is 0 Å². The van der Waals surface area contributed by atoms with Crippen molar-refractivity contribution in [1.82, 2.24) is 14.8 Å². The predicted octanol–water partition coefficient (Wildman–Crippen LogP) is 3.20. The fraction of sp³-hybridized carbons (Fsp3) is 0.333. The highest BCUT2D eigenvalue weighted by Crippen LogP contribution is 2.21. The van der Waals surface area contributed by atoms with Crippen LogP contribution in [-0.4, -0.2) is 14.8 Å². The maximum Gasteiger partial charge on any atom is 0.158 e. The van der Waals surface area contributed by atoms with Crippen LogP contribution < -0.4 is 0 Å². The van der Waals surface area contributed by atoms with Gasteiger partial charge in [-0.3, -0.25) is 0 Å². The maximum absolute atomic E-state index is 4.54. The smallest absolute Gasteiger partial charge is 0.158 e. The van der Waals surface area contributed by atoms with E-state index in [0.29, 0.717) is 0 Å². The molecular weight excluding hydrogens is 266 g/mol. The molecule has 0 unspecified atom stereocenters. The first kappa shape index (κ1) is 11.3. The van der Waals surface area contributed by atoms with Crippen LogP contribution in [0.15, 0.2) is 28.7 Å². The zero-order chi connectivity index (χ0) is 11.5. The molecule has 0 aliphatic rings. The van der Waals surface area contributed by atoms with Crippen molar-refractivity contribution in [1.29, 1.82) is 0 Å². The quantitative estimate of drug-likeness (QED) is 0.864. The lowest BCUT2D eigenvalue weighted by Gasteiger charge is -1.99. The van der Waals surface area contributed by atoms with E-state index in [1.54, 1.807) is 0 Å². The van der Waals surface area contributed by atoms with E-state index in [9.17, 15) is 0 Å². The van der Waals surface area contributed by atoms with Crippen molar-refractivity contribution in [2.45, 2.75) is 19.8 Å². The highest BCUT2D eigenvalue weighted by atomic mass is 79.9. The summed E-state index contributed by atoms with van der Waals surface area (Å²) in [6, 6.07) is 8.12. The molecule has 1 aromatic carbocycles. The lowest BCUT2D eigenvalue weighted by Crippen LogP contribution is -1.94. The van der Waals surface area contributed by atoms with Crippen molar-refractivity contribution in [2.24, 2.45) is 7.05 Å². The van der Waals surface area contributed by atoms with Gasteiger partial charge in [-0.15, -0.1) is 0 Å². The van der Waals surface area contributed by atoms with Gasteiger partial charge in [-0.1, -0.05) is 35.0 Å². The Balaban J connectivity index is 2.40. The second kappa shape index (κ2) is 4.78. The van der Waals surface area contributed by atoms with E-state index < -0.39 is 0 Å². The van der Waals surface area contributed by atoms with Crippen molar-refractivity contribution in [3.63, 3.8) is 0 Å². The third-order valence-corrected chi connectivity index (χ3v) is 2.86. The van der Waals surface area contributed by atoms with E-state index in [4.69, 9.17) is 0 Å². The molecule has 0 radical (unpaired) electrons. The molecule has 16 heavy (non-hydrogen) atoms. The Morgan fingerprint density at radius 2 is 2.19 bits per heavy atom. The van der Waals surface area contributed by atoms with Gasteiger partial charge in [0.25, 0.3) is 0 Å². The molecule has 0 spiro atoms.